The lowest BCUT2D eigenvalue weighted by Crippen LogP contribution is -2.47. The van der Waals surface area contributed by atoms with E-state index in [-0.39, 0.29) is 23.4 Å². The molecule has 28 heavy (non-hydrogen) atoms. The van der Waals surface area contributed by atoms with Crippen LogP contribution in [0.2, 0.25) is 0 Å². The minimum atomic E-state index is 0. The number of aromatic nitrogens is 1. The number of rotatable bonds is 7. The van der Waals surface area contributed by atoms with Crippen molar-refractivity contribution in [1.29, 1.82) is 0 Å². The summed E-state index contributed by atoms with van der Waals surface area (Å²) in [6.07, 6.45) is 10.2. The maximum atomic E-state index is 6.34. The first-order valence-corrected chi connectivity index (χ1v) is 11.0. The van der Waals surface area contributed by atoms with Gasteiger partial charge >= 0.3 is 0 Å². The summed E-state index contributed by atoms with van der Waals surface area (Å²) in [4.78, 5) is 6.05. The van der Waals surface area contributed by atoms with Gasteiger partial charge in [0.1, 0.15) is 5.75 Å². The second kappa shape index (κ2) is 9.57. The molecule has 0 bridgehead atoms. The van der Waals surface area contributed by atoms with E-state index in [0.717, 1.165) is 44.7 Å². The van der Waals surface area contributed by atoms with E-state index in [9.17, 15) is 0 Å². The van der Waals surface area contributed by atoms with Gasteiger partial charge in [-0.25, -0.2) is 0 Å². The third-order valence-electron chi connectivity index (χ3n) is 6.36. The van der Waals surface area contributed by atoms with Crippen molar-refractivity contribution in [3.8, 4) is 5.75 Å². The fourth-order valence-electron chi connectivity index (χ4n) is 4.97. The highest BCUT2D eigenvalue weighted by Crippen LogP contribution is 2.49. The van der Waals surface area contributed by atoms with Gasteiger partial charge in [0.15, 0.2) is 0 Å². The number of nitrogens with zero attached hydrogens (tertiary/aromatic N) is 1. The van der Waals surface area contributed by atoms with Crippen LogP contribution >= 0.6 is 23.7 Å². The SMILES string of the molecule is COc1ccsc1CNCC[C@@]1(c2ccccn2)CCOC2(CCCC2)C1.Cl. The molecule has 154 valence electrons. The van der Waals surface area contributed by atoms with E-state index in [1.807, 2.05) is 18.3 Å². The van der Waals surface area contributed by atoms with E-state index in [2.05, 4.69) is 22.8 Å². The Balaban J connectivity index is 0.00000225. The number of thiophene rings is 1. The molecule has 0 radical (unpaired) electrons. The molecule has 0 aromatic carbocycles. The maximum absolute atomic E-state index is 6.34. The van der Waals surface area contributed by atoms with Gasteiger partial charge in [0.05, 0.1) is 17.6 Å². The molecule has 2 fully saturated rings. The standard InChI is InChI=1S/C22H30N2O2S.ClH/c1-25-18-7-15-27-19(18)16-23-13-10-21(20-6-2-5-12-24-20)11-14-26-22(17-21)8-3-4-9-22;/h2,5-7,12,15,23H,3-4,8-11,13-14,16-17H2,1H3;1H/t21-;/m1./s1. The third kappa shape index (κ3) is 4.54. The number of hydrogen-bond acceptors (Lipinski definition) is 5. The molecule has 3 heterocycles. The molecule has 6 heteroatoms. The average molecular weight is 423 g/mol. The normalized spacial score (nSPS) is 23.5. The van der Waals surface area contributed by atoms with E-state index in [1.54, 1.807) is 18.4 Å². The highest BCUT2D eigenvalue weighted by molar-refractivity contribution is 7.10. The van der Waals surface area contributed by atoms with E-state index >= 15 is 0 Å². The summed E-state index contributed by atoms with van der Waals surface area (Å²) in [6.45, 7) is 2.70. The smallest absolute Gasteiger partial charge is 0.134 e. The summed E-state index contributed by atoms with van der Waals surface area (Å²) < 4.78 is 11.8. The van der Waals surface area contributed by atoms with E-state index in [1.165, 1.54) is 36.3 Å². The Morgan fingerprint density at radius 2 is 2.07 bits per heavy atom. The average Bonchev–Trinajstić information content (AvgIpc) is 3.35. The minimum Gasteiger partial charge on any atom is -0.496 e. The van der Waals surface area contributed by atoms with E-state index in [0.29, 0.717) is 0 Å². The first-order valence-electron chi connectivity index (χ1n) is 10.1. The van der Waals surface area contributed by atoms with Gasteiger partial charge in [-0.1, -0.05) is 18.9 Å². The van der Waals surface area contributed by atoms with Crippen molar-refractivity contribution in [2.45, 2.75) is 62.5 Å². The Morgan fingerprint density at radius 3 is 2.82 bits per heavy atom. The predicted molar refractivity (Wildman–Crippen MR) is 117 cm³/mol. The Kier molecular flexibility index (Phi) is 7.37. The van der Waals surface area contributed by atoms with Crippen LogP contribution in [-0.2, 0) is 16.7 Å². The van der Waals surface area contributed by atoms with Crippen LogP contribution in [0.1, 0.15) is 55.5 Å². The number of ether oxygens (including phenoxy) is 2. The molecule has 2 aromatic heterocycles. The molecular weight excluding hydrogens is 392 g/mol. The Bertz CT molecular complexity index is 733. The van der Waals surface area contributed by atoms with Crippen molar-refractivity contribution in [2.75, 3.05) is 20.3 Å². The molecule has 1 atom stereocenters. The summed E-state index contributed by atoms with van der Waals surface area (Å²) >= 11 is 1.75. The van der Waals surface area contributed by atoms with Gasteiger partial charge in [0.25, 0.3) is 0 Å². The quantitative estimate of drug-likeness (QED) is 0.629. The van der Waals surface area contributed by atoms with Crippen molar-refractivity contribution in [3.63, 3.8) is 0 Å². The molecule has 1 spiro atoms. The van der Waals surface area contributed by atoms with Crippen LogP contribution in [0.3, 0.4) is 0 Å². The van der Waals surface area contributed by atoms with Gasteiger partial charge in [-0.2, -0.15) is 0 Å². The highest BCUT2D eigenvalue weighted by Gasteiger charge is 2.48. The molecule has 1 aliphatic heterocycles. The van der Waals surface area contributed by atoms with E-state index in [4.69, 9.17) is 14.5 Å². The van der Waals surface area contributed by atoms with Crippen LogP contribution in [0.15, 0.2) is 35.8 Å². The predicted octanol–water partition coefficient (Wildman–Crippen LogP) is 5.11. The zero-order valence-corrected chi connectivity index (χ0v) is 18.2. The largest absolute Gasteiger partial charge is 0.496 e. The molecule has 0 unspecified atom stereocenters. The van der Waals surface area contributed by atoms with Crippen molar-refractivity contribution in [1.82, 2.24) is 10.3 Å². The lowest BCUT2D eigenvalue weighted by molar-refractivity contribution is -0.104. The number of halogens is 1. The van der Waals surface area contributed by atoms with Crippen LogP contribution in [0.5, 0.6) is 5.75 Å². The topological polar surface area (TPSA) is 43.4 Å². The van der Waals surface area contributed by atoms with Crippen LogP contribution in [0.25, 0.3) is 0 Å². The number of nitrogens with one attached hydrogen (secondary N) is 1. The van der Waals surface area contributed by atoms with Gasteiger partial charge in [0.2, 0.25) is 0 Å². The van der Waals surface area contributed by atoms with Crippen molar-refractivity contribution in [2.24, 2.45) is 0 Å². The number of methoxy groups -OCH3 is 1. The van der Waals surface area contributed by atoms with Crippen LogP contribution in [0.4, 0.5) is 0 Å². The first kappa shape index (κ1) is 21.6. The third-order valence-corrected chi connectivity index (χ3v) is 7.26. The van der Waals surface area contributed by atoms with Gasteiger partial charge in [-0.05, 0) is 62.2 Å². The molecule has 1 aliphatic carbocycles. The zero-order chi connectivity index (χ0) is 18.6. The summed E-state index contributed by atoms with van der Waals surface area (Å²) in [5, 5.41) is 5.74. The molecule has 1 N–H and O–H groups in total. The van der Waals surface area contributed by atoms with Crippen molar-refractivity contribution < 1.29 is 9.47 Å². The Morgan fingerprint density at radius 1 is 1.21 bits per heavy atom. The summed E-state index contributed by atoms with van der Waals surface area (Å²) in [6, 6.07) is 8.41. The molecule has 1 saturated heterocycles. The van der Waals surface area contributed by atoms with Crippen LogP contribution < -0.4 is 10.1 Å². The van der Waals surface area contributed by atoms with Gasteiger partial charge in [0, 0.05) is 30.5 Å². The van der Waals surface area contributed by atoms with Gasteiger partial charge < -0.3 is 14.8 Å². The molecule has 0 amide bonds. The fourth-order valence-corrected chi connectivity index (χ4v) is 5.77. The van der Waals surface area contributed by atoms with Crippen molar-refractivity contribution in [3.05, 3.63) is 46.4 Å². The molecular formula is C22H31ClN2O2S. The second-order valence-electron chi connectivity index (χ2n) is 8.00. The molecule has 4 nitrogen and oxygen atoms in total. The molecule has 2 aliphatic rings. The highest BCUT2D eigenvalue weighted by atomic mass is 35.5. The van der Waals surface area contributed by atoms with Crippen LogP contribution in [0, 0.1) is 0 Å². The van der Waals surface area contributed by atoms with Gasteiger partial charge in [-0.3, -0.25) is 4.98 Å². The molecule has 1 saturated carbocycles. The Labute approximate surface area is 178 Å². The second-order valence-corrected chi connectivity index (χ2v) is 9.00. The van der Waals surface area contributed by atoms with E-state index < -0.39 is 0 Å². The first-order chi connectivity index (χ1) is 13.3. The monoisotopic (exact) mass is 422 g/mol. The van der Waals surface area contributed by atoms with Gasteiger partial charge in [-0.15, -0.1) is 23.7 Å². The van der Waals surface area contributed by atoms with Crippen LogP contribution in [-0.4, -0.2) is 30.8 Å². The fraction of sp³-hybridized carbons (Fsp3) is 0.591. The Hall–Kier alpha value is -1.14. The minimum absolute atomic E-state index is 0. The van der Waals surface area contributed by atoms with Crippen molar-refractivity contribution >= 4 is 23.7 Å². The summed E-state index contributed by atoms with van der Waals surface area (Å²) in [5.74, 6) is 0.989. The zero-order valence-electron chi connectivity index (χ0n) is 16.6. The lowest BCUT2D eigenvalue weighted by Gasteiger charge is -2.46. The lowest BCUT2D eigenvalue weighted by atomic mass is 9.68. The number of pyridine rings is 1. The summed E-state index contributed by atoms with van der Waals surface area (Å²) in [5.41, 5.74) is 1.46. The molecule has 4 rings (SSSR count). The number of hydrogen-bond donors (Lipinski definition) is 1. The maximum Gasteiger partial charge on any atom is 0.134 e. The molecule has 2 aromatic rings. The summed E-state index contributed by atoms with van der Waals surface area (Å²) in [7, 11) is 1.74.